The molecule has 2 nitrogen and oxygen atoms in total. The molecule has 3 rings (SSSR count). The molecule has 3 fully saturated rings. The molecule has 0 aromatic heterocycles. The highest BCUT2D eigenvalue weighted by atomic mass is 16.5. The summed E-state index contributed by atoms with van der Waals surface area (Å²) in [5.41, 5.74) is 0. The van der Waals surface area contributed by atoms with Crippen LogP contribution in [0.2, 0.25) is 0 Å². The van der Waals surface area contributed by atoms with Crippen LogP contribution in [0.15, 0.2) is 0 Å². The molecule has 2 bridgehead atoms. The minimum absolute atomic E-state index is 0.128. The lowest BCUT2D eigenvalue weighted by atomic mass is 9.76. The average molecular weight is 236 g/mol. The summed E-state index contributed by atoms with van der Waals surface area (Å²) >= 11 is 0. The minimum atomic E-state index is 0.128. The predicted octanol–water partition coefficient (Wildman–Crippen LogP) is 3.40. The highest BCUT2D eigenvalue weighted by molar-refractivity contribution is 5.73. The smallest absolute Gasteiger partial charge is 0.309 e. The van der Waals surface area contributed by atoms with Crippen LogP contribution in [0.25, 0.3) is 0 Å². The number of hydrogen-bond acceptors (Lipinski definition) is 2. The third kappa shape index (κ3) is 1.90. The molecule has 0 amide bonds. The summed E-state index contributed by atoms with van der Waals surface area (Å²) in [4.78, 5) is 12.2. The quantitative estimate of drug-likeness (QED) is 0.687. The van der Waals surface area contributed by atoms with Crippen molar-refractivity contribution < 1.29 is 9.53 Å². The van der Waals surface area contributed by atoms with Crippen LogP contribution < -0.4 is 0 Å². The molecule has 0 aromatic rings. The molecule has 5 unspecified atom stereocenters. The maximum Gasteiger partial charge on any atom is 0.309 e. The summed E-state index contributed by atoms with van der Waals surface area (Å²) in [6.07, 6.45) is 7.28. The number of ether oxygens (including phenoxy) is 1. The molecule has 96 valence electrons. The summed E-state index contributed by atoms with van der Waals surface area (Å²) in [5, 5.41) is 0. The van der Waals surface area contributed by atoms with E-state index in [1.165, 1.54) is 19.3 Å². The van der Waals surface area contributed by atoms with Crippen LogP contribution in [-0.4, -0.2) is 12.1 Å². The van der Waals surface area contributed by atoms with Crippen molar-refractivity contribution in [1.29, 1.82) is 0 Å². The maximum absolute atomic E-state index is 12.2. The topological polar surface area (TPSA) is 26.3 Å². The van der Waals surface area contributed by atoms with Gasteiger partial charge in [-0.3, -0.25) is 4.79 Å². The van der Waals surface area contributed by atoms with Crippen LogP contribution in [-0.2, 0) is 9.53 Å². The molecular weight excluding hydrogens is 212 g/mol. The average Bonchev–Trinajstić information content (AvgIpc) is 2.98. The lowest BCUT2D eigenvalue weighted by molar-refractivity contribution is -0.156. The number of carbonyl (C=O) groups excluding carboxylic acids is 1. The predicted molar refractivity (Wildman–Crippen MR) is 66.4 cm³/mol. The first-order valence-electron chi connectivity index (χ1n) is 7.37. The fourth-order valence-electron chi connectivity index (χ4n) is 4.47. The van der Waals surface area contributed by atoms with E-state index in [9.17, 15) is 4.79 Å². The number of esters is 1. The molecule has 0 aromatic carbocycles. The van der Waals surface area contributed by atoms with E-state index >= 15 is 0 Å². The zero-order valence-corrected chi connectivity index (χ0v) is 11.0. The Bertz CT molecular complexity index is 304. The summed E-state index contributed by atoms with van der Waals surface area (Å²) in [6, 6.07) is 0. The second-order valence-electron chi connectivity index (χ2n) is 6.56. The number of carbonyl (C=O) groups is 1. The van der Waals surface area contributed by atoms with Gasteiger partial charge in [0, 0.05) is 0 Å². The molecule has 0 radical (unpaired) electrons. The van der Waals surface area contributed by atoms with Gasteiger partial charge in [-0.05, 0) is 62.2 Å². The van der Waals surface area contributed by atoms with Gasteiger partial charge in [-0.2, -0.15) is 0 Å². The molecule has 0 heterocycles. The molecule has 0 aliphatic heterocycles. The van der Waals surface area contributed by atoms with Crippen LogP contribution in [0.3, 0.4) is 0 Å². The van der Waals surface area contributed by atoms with Gasteiger partial charge in [0.2, 0.25) is 0 Å². The van der Waals surface area contributed by atoms with Crippen molar-refractivity contribution >= 4 is 5.97 Å². The fraction of sp³-hybridized carbons (Fsp3) is 0.933. The number of fused-ring (bicyclic) bond motifs is 2. The maximum atomic E-state index is 12.2. The largest absolute Gasteiger partial charge is 0.462 e. The molecule has 0 saturated heterocycles. The van der Waals surface area contributed by atoms with E-state index in [2.05, 4.69) is 13.8 Å². The Morgan fingerprint density at radius 3 is 2.35 bits per heavy atom. The third-order valence-electron chi connectivity index (χ3n) is 5.78. The molecule has 2 heteroatoms. The minimum Gasteiger partial charge on any atom is -0.462 e. The molecule has 3 saturated carbocycles. The van der Waals surface area contributed by atoms with Crippen LogP contribution in [0.1, 0.15) is 52.4 Å². The van der Waals surface area contributed by atoms with Crippen LogP contribution in [0.5, 0.6) is 0 Å². The van der Waals surface area contributed by atoms with Crippen molar-refractivity contribution in [2.24, 2.45) is 29.6 Å². The Hall–Kier alpha value is -0.530. The van der Waals surface area contributed by atoms with Gasteiger partial charge >= 0.3 is 5.97 Å². The molecule has 3 aliphatic rings. The van der Waals surface area contributed by atoms with E-state index in [-0.39, 0.29) is 18.0 Å². The van der Waals surface area contributed by atoms with E-state index in [1.807, 2.05) is 0 Å². The highest BCUT2D eigenvalue weighted by Gasteiger charge is 2.51. The Morgan fingerprint density at radius 1 is 1.06 bits per heavy atom. The van der Waals surface area contributed by atoms with Gasteiger partial charge in [0.15, 0.2) is 0 Å². The van der Waals surface area contributed by atoms with E-state index in [0.29, 0.717) is 5.92 Å². The van der Waals surface area contributed by atoms with Crippen LogP contribution >= 0.6 is 0 Å². The normalized spacial score (nSPS) is 45.4. The van der Waals surface area contributed by atoms with Gasteiger partial charge in [0.1, 0.15) is 6.10 Å². The fourth-order valence-corrected chi connectivity index (χ4v) is 4.47. The molecule has 17 heavy (non-hydrogen) atoms. The Balaban J connectivity index is 1.60. The summed E-state index contributed by atoms with van der Waals surface area (Å²) < 4.78 is 5.69. The SMILES string of the molecule is CC1C2CC(C(=O)OC3CCCC3)C(C2)C1C. The second kappa shape index (κ2) is 4.29. The first kappa shape index (κ1) is 11.6. The van der Waals surface area contributed by atoms with E-state index in [4.69, 9.17) is 4.74 Å². The lowest BCUT2D eigenvalue weighted by Crippen LogP contribution is -2.32. The molecular formula is C15H24O2. The third-order valence-corrected chi connectivity index (χ3v) is 5.78. The van der Waals surface area contributed by atoms with Gasteiger partial charge in [0.25, 0.3) is 0 Å². The monoisotopic (exact) mass is 236 g/mol. The van der Waals surface area contributed by atoms with Crippen molar-refractivity contribution in [2.45, 2.75) is 58.5 Å². The van der Waals surface area contributed by atoms with Crippen LogP contribution in [0, 0.1) is 29.6 Å². The van der Waals surface area contributed by atoms with E-state index in [1.54, 1.807) is 0 Å². The Labute approximate surface area is 104 Å². The molecule has 0 N–H and O–H groups in total. The first-order valence-corrected chi connectivity index (χ1v) is 7.37. The van der Waals surface area contributed by atoms with E-state index < -0.39 is 0 Å². The number of rotatable bonds is 2. The summed E-state index contributed by atoms with van der Waals surface area (Å²) in [6.45, 7) is 4.68. The highest BCUT2D eigenvalue weighted by Crippen LogP contribution is 2.55. The van der Waals surface area contributed by atoms with Crippen molar-refractivity contribution in [3.8, 4) is 0 Å². The van der Waals surface area contributed by atoms with Crippen molar-refractivity contribution in [1.82, 2.24) is 0 Å². The summed E-state index contributed by atoms with van der Waals surface area (Å²) in [5.74, 6) is 3.29. The summed E-state index contributed by atoms with van der Waals surface area (Å²) in [7, 11) is 0. The zero-order valence-electron chi connectivity index (χ0n) is 11.0. The lowest BCUT2D eigenvalue weighted by Gasteiger charge is -2.31. The molecule has 5 atom stereocenters. The van der Waals surface area contributed by atoms with Crippen LogP contribution in [0.4, 0.5) is 0 Å². The second-order valence-corrected chi connectivity index (χ2v) is 6.56. The van der Waals surface area contributed by atoms with E-state index in [0.717, 1.165) is 37.0 Å². The Kier molecular flexibility index (Phi) is 2.92. The van der Waals surface area contributed by atoms with Gasteiger partial charge in [-0.15, -0.1) is 0 Å². The van der Waals surface area contributed by atoms with Gasteiger partial charge in [0.05, 0.1) is 5.92 Å². The van der Waals surface area contributed by atoms with Crippen molar-refractivity contribution in [3.63, 3.8) is 0 Å². The Morgan fingerprint density at radius 2 is 1.76 bits per heavy atom. The standard InChI is InChI=1S/C15H24O2/c1-9-10(2)13-7-11(9)8-14(13)15(16)17-12-5-3-4-6-12/h9-14H,3-8H2,1-2H3. The van der Waals surface area contributed by atoms with Crippen molar-refractivity contribution in [3.05, 3.63) is 0 Å². The first-order chi connectivity index (χ1) is 8.16. The van der Waals surface area contributed by atoms with Gasteiger partial charge in [-0.1, -0.05) is 13.8 Å². The van der Waals surface area contributed by atoms with Gasteiger partial charge < -0.3 is 4.74 Å². The molecule has 0 spiro atoms. The van der Waals surface area contributed by atoms with Crippen molar-refractivity contribution in [2.75, 3.05) is 0 Å². The number of hydrogen-bond donors (Lipinski definition) is 0. The van der Waals surface area contributed by atoms with Gasteiger partial charge in [-0.25, -0.2) is 0 Å². The molecule has 3 aliphatic carbocycles. The zero-order chi connectivity index (χ0) is 12.0.